The topological polar surface area (TPSA) is 55.8 Å². The van der Waals surface area contributed by atoms with Gasteiger partial charge in [0.1, 0.15) is 11.5 Å². The molecule has 1 fully saturated rings. The van der Waals surface area contributed by atoms with Crippen LogP contribution in [-0.2, 0) is 16.6 Å². The number of rotatable bonds is 4. The first-order chi connectivity index (χ1) is 8.98. The van der Waals surface area contributed by atoms with Gasteiger partial charge in [0.15, 0.2) is 0 Å². The Bertz CT molecular complexity index is 556. The molecule has 5 nitrogen and oxygen atoms in total. The highest BCUT2D eigenvalue weighted by atomic mass is 32.2. The van der Waals surface area contributed by atoms with Crippen molar-refractivity contribution >= 4 is 10.0 Å². The van der Waals surface area contributed by atoms with Crippen molar-refractivity contribution in [3.63, 3.8) is 0 Å². The number of benzene rings is 1. The van der Waals surface area contributed by atoms with Crippen LogP contribution in [0.1, 0.15) is 18.9 Å². The summed E-state index contributed by atoms with van der Waals surface area (Å²) in [5.41, 5.74) is 0.848. The Morgan fingerprint density at radius 3 is 2.58 bits per heavy atom. The van der Waals surface area contributed by atoms with E-state index in [2.05, 4.69) is 0 Å². The lowest BCUT2D eigenvalue weighted by molar-refractivity contribution is 0.380. The van der Waals surface area contributed by atoms with Crippen molar-refractivity contribution in [1.82, 2.24) is 4.31 Å². The van der Waals surface area contributed by atoms with Gasteiger partial charge in [-0.1, -0.05) is 6.07 Å². The van der Waals surface area contributed by atoms with Crippen molar-refractivity contribution in [3.8, 4) is 11.5 Å². The van der Waals surface area contributed by atoms with E-state index in [-0.39, 0.29) is 5.25 Å². The minimum atomic E-state index is -3.16. The van der Waals surface area contributed by atoms with Crippen molar-refractivity contribution in [2.24, 2.45) is 0 Å². The van der Waals surface area contributed by atoms with Crippen molar-refractivity contribution in [3.05, 3.63) is 23.8 Å². The van der Waals surface area contributed by atoms with Gasteiger partial charge in [0, 0.05) is 24.7 Å². The number of sulfonamides is 1. The summed E-state index contributed by atoms with van der Waals surface area (Å²) in [6, 6.07) is 5.42. The molecule has 0 aromatic heterocycles. The molecule has 2 rings (SSSR count). The van der Waals surface area contributed by atoms with Crippen LogP contribution in [-0.4, -0.2) is 38.7 Å². The Labute approximate surface area is 114 Å². The molecule has 0 radical (unpaired) electrons. The zero-order valence-corrected chi connectivity index (χ0v) is 12.2. The standard InChI is InChI=1S/C13H19NO4S/c1-10-6-7-14(19(10,15)16)9-11-4-5-12(17-2)8-13(11)18-3/h4-5,8,10H,6-7,9H2,1-3H3. The molecule has 106 valence electrons. The minimum Gasteiger partial charge on any atom is -0.497 e. The molecule has 1 heterocycles. The lowest BCUT2D eigenvalue weighted by Crippen LogP contribution is -2.28. The molecule has 0 spiro atoms. The Balaban J connectivity index is 2.25. The maximum Gasteiger partial charge on any atom is 0.217 e. The highest BCUT2D eigenvalue weighted by Gasteiger charge is 2.35. The maximum atomic E-state index is 12.1. The predicted octanol–water partition coefficient (Wildman–Crippen LogP) is 1.63. The van der Waals surface area contributed by atoms with Crippen LogP contribution in [0.15, 0.2) is 18.2 Å². The molecule has 1 aromatic carbocycles. The lowest BCUT2D eigenvalue weighted by Gasteiger charge is -2.17. The van der Waals surface area contributed by atoms with E-state index in [9.17, 15) is 8.42 Å². The first-order valence-corrected chi connectivity index (χ1v) is 7.69. The molecule has 0 saturated carbocycles. The summed E-state index contributed by atoms with van der Waals surface area (Å²) in [5, 5.41) is -0.295. The average molecular weight is 285 g/mol. The Kier molecular flexibility index (Phi) is 4.01. The van der Waals surface area contributed by atoms with Crippen molar-refractivity contribution < 1.29 is 17.9 Å². The Hall–Kier alpha value is -1.27. The second-order valence-corrected chi connectivity index (χ2v) is 7.01. The summed E-state index contributed by atoms with van der Waals surface area (Å²) in [4.78, 5) is 0. The molecule has 0 N–H and O–H groups in total. The summed E-state index contributed by atoms with van der Waals surface area (Å²) in [6.45, 7) is 2.67. The van der Waals surface area contributed by atoms with E-state index in [0.29, 0.717) is 31.0 Å². The molecule has 1 aliphatic rings. The highest BCUT2D eigenvalue weighted by Crippen LogP contribution is 2.29. The van der Waals surface area contributed by atoms with Crippen LogP contribution in [0.5, 0.6) is 11.5 Å². The van der Waals surface area contributed by atoms with Gasteiger partial charge in [-0.2, -0.15) is 4.31 Å². The van der Waals surface area contributed by atoms with Crippen LogP contribution in [0.4, 0.5) is 0 Å². The minimum absolute atomic E-state index is 0.295. The first-order valence-electron chi connectivity index (χ1n) is 6.19. The number of methoxy groups -OCH3 is 2. The zero-order valence-electron chi connectivity index (χ0n) is 11.4. The van der Waals surface area contributed by atoms with Crippen LogP contribution < -0.4 is 9.47 Å². The van der Waals surface area contributed by atoms with Gasteiger partial charge >= 0.3 is 0 Å². The lowest BCUT2D eigenvalue weighted by atomic mass is 10.2. The van der Waals surface area contributed by atoms with Crippen LogP contribution >= 0.6 is 0 Å². The van der Waals surface area contributed by atoms with E-state index in [0.717, 1.165) is 5.56 Å². The van der Waals surface area contributed by atoms with Crippen molar-refractivity contribution in [2.45, 2.75) is 25.1 Å². The fourth-order valence-corrected chi connectivity index (χ4v) is 3.79. The van der Waals surface area contributed by atoms with Gasteiger partial charge in [-0.25, -0.2) is 8.42 Å². The molecular formula is C13H19NO4S. The van der Waals surface area contributed by atoms with Gasteiger partial charge in [-0.15, -0.1) is 0 Å². The summed E-state index contributed by atoms with van der Waals surface area (Å²) in [7, 11) is -0.00491. The second kappa shape index (κ2) is 5.38. The average Bonchev–Trinajstić information content (AvgIpc) is 2.66. The van der Waals surface area contributed by atoms with Gasteiger partial charge in [0.25, 0.3) is 0 Å². The van der Waals surface area contributed by atoms with Crippen LogP contribution in [0.3, 0.4) is 0 Å². The third kappa shape index (κ3) is 2.69. The SMILES string of the molecule is COc1ccc(CN2CCC(C)S2(=O)=O)c(OC)c1. The number of ether oxygens (including phenoxy) is 2. The molecule has 1 atom stereocenters. The van der Waals surface area contributed by atoms with Crippen LogP contribution in [0, 0.1) is 0 Å². The molecule has 1 aliphatic heterocycles. The Morgan fingerprint density at radius 1 is 1.32 bits per heavy atom. The molecular weight excluding hydrogens is 266 g/mol. The smallest absolute Gasteiger partial charge is 0.217 e. The zero-order chi connectivity index (χ0) is 14.0. The normalized spacial score (nSPS) is 22.4. The fraction of sp³-hybridized carbons (Fsp3) is 0.538. The Morgan fingerprint density at radius 2 is 2.05 bits per heavy atom. The highest BCUT2D eigenvalue weighted by molar-refractivity contribution is 7.89. The van der Waals surface area contributed by atoms with Gasteiger partial charge in [-0.3, -0.25) is 0 Å². The third-order valence-corrected chi connectivity index (χ3v) is 5.78. The molecule has 0 bridgehead atoms. The largest absolute Gasteiger partial charge is 0.497 e. The van der Waals surface area contributed by atoms with E-state index in [1.165, 1.54) is 4.31 Å². The third-order valence-electron chi connectivity index (χ3n) is 3.49. The van der Waals surface area contributed by atoms with E-state index in [4.69, 9.17) is 9.47 Å². The predicted molar refractivity (Wildman–Crippen MR) is 73.0 cm³/mol. The molecule has 1 aromatic rings. The molecule has 6 heteroatoms. The molecule has 1 saturated heterocycles. The number of hydrogen-bond acceptors (Lipinski definition) is 4. The number of hydrogen-bond donors (Lipinski definition) is 0. The number of nitrogens with zero attached hydrogens (tertiary/aromatic N) is 1. The van der Waals surface area contributed by atoms with E-state index < -0.39 is 10.0 Å². The summed E-state index contributed by atoms with van der Waals surface area (Å²) in [6.07, 6.45) is 0.681. The van der Waals surface area contributed by atoms with Gasteiger partial charge in [-0.05, 0) is 19.4 Å². The molecule has 0 amide bonds. The van der Waals surface area contributed by atoms with E-state index >= 15 is 0 Å². The van der Waals surface area contributed by atoms with E-state index in [1.54, 1.807) is 27.2 Å². The van der Waals surface area contributed by atoms with Gasteiger partial charge in [0.05, 0.1) is 19.5 Å². The van der Waals surface area contributed by atoms with E-state index in [1.807, 2.05) is 12.1 Å². The summed E-state index contributed by atoms with van der Waals surface area (Å²) in [5.74, 6) is 1.34. The van der Waals surface area contributed by atoms with Gasteiger partial charge < -0.3 is 9.47 Å². The monoisotopic (exact) mass is 285 g/mol. The summed E-state index contributed by atoms with van der Waals surface area (Å²) >= 11 is 0. The van der Waals surface area contributed by atoms with Crippen LogP contribution in [0.25, 0.3) is 0 Å². The second-order valence-electron chi connectivity index (χ2n) is 4.66. The molecule has 0 aliphatic carbocycles. The molecule has 1 unspecified atom stereocenters. The summed E-state index contributed by atoms with van der Waals surface area (Å²) < 4.78 is 36.1. The van der Waals surface area contributed by atoms with Crippen LogP contribution in [0.2, 0.25) is 0 Å². The fourth-order valence-electron chi connectivity index (χ4n) is 2.20. The maximum absolute atomic E-state index is 12.1. The molecule has 19 heavy (non-hydrogen) atoms. The first kappa shape index (κ1) is 14.1. The quantitative estimate of drug-likeness (QED) is 0.843. The van der Waals surface area contributed by atoms with Gasteiger partial charge in [0.2, 0.25) is 10.0 Å². The van der Waals surface area contributed by atoms with Crippen molar-refractivity contribution in [1.29, 1.82) is 0 Å². The van der Waals surface area contributed by atoms with Crippen molar-refractivity contribution in [2.75, 3.05) is 20.8 Å².